The maximum Gasteiger partial charge on any atom is 0.148 e. The number of nitriles is 1. The standard InChI is InChI=1S/C24H25N3OS/c1-5-21-17(11-12-28-4)7-6-8-22(21)24-27-26-23(29-24)19-10-9-18(13-16(2)3)20(14-19)15-25/h6-12,14,16H,5,13H2,1-4H3. The van der Waals surface area contributed by atoms with E-state index in [4.69, 9.17) is 4.74 Å². The first-order valence-corrected chi connectivity index (χ1v) is 10.6. The van der Waals surface area contributed by atoms with Crippen LogP contribution in [0.1, 0.15) is 43.0 Å². The van der Waals surface area contributed by atoms with Crippen molar-refractivity contribution >= 4 is 17.4 Å². The summed E-state index contributed by atoms with van der Waals surface area (Å²) in [4.78, 5) is 0. The second kappa shape index (κ2) is 9.49. The molecule has 0 aliphatic heterocycles. The van der Waals surface area contributed by atoms with Crippen LogP contribution >= 0.6 is 11.3 Å². The molecule has 0 bridgehead atoms. The number of ether oxygens (including phenoxy) is 1. The fourth-order valence-corrected chi connectivity index (χ4v) is 4.27. The molecular weight excluding hydrogens is 378 g/mol. The van der Waals surface area contributed by atoms with Crippen LogP contribution in [0.5, 0.6) is 0 Å². The highest BCUT2D eigenvalue weighted by molar-refractivity contribution is 7.17. The molecule has 0 N–H and O–H groups in total. The first kappa shape index (κ1) is 20.8. The van der Waals surface area contributed by atoms with Gasteiger partial charge < -0.3 is 4.74 Å². The van der Waals surface area contributed by atoms with E-state index >= 15 is 0 Å². The smallest absolute Gasteiger partial charge is 0.148 e. The molecule has 0 fully saturated rings. The fourth-order valence-electron chi connectivity index (χ4n) is 3.38. The van der Waals surface area contributed by atoms with E-state index < -0.39 is 0 Å². The molecule has 1 heterocycles. The normalized spacial score (nSPS) is 11.2. The lowest BCUT2D eigenvalue weighted by atomic mass is 9.97. The van der Waals surface area contributed by atoms with Crippen molar-refractivity contribution < 1.29 is 4.74 Å². The molecule has 0 saturated carbocycles. The van der Waals surface area contributed by atoms with E-state index in [0.29, 0.717) is 11.5 Å². The summed E-state index contributed by atoms with van der Waals surface area (Å²) < 4.78 is 5.08. The van der Waals surface area contributed by atoms with Crippen molar-refractivity contribution in [1.29, 1.82) is 5.26 Å². The Morgan fingerprint density at radius 3 is 2.66 bits per heavy atom. The van der Waals surface area contributed by atoms with Gasteiger partial charge in [0.05, 0.1) is 25.0 Å². The van der Waals surface area contributed by atoms with Gasteiger partial charge in [-0.2, -0.15) is 5.26 Å². The second-order valence-electron chi connectivity index (χ2n) is 7.26. The van der Waals surface area contributed by atoms with Gasteiger partial charge in [-0.15, -0.1) is 10.2 Å². The van der Waals surface area contributed by atoms with Crippen molar-refractivity contribution in [3.05, 3.63) is 64.9 Å². The molecule has 3 aromatic rings. The maximum absolute atomic E-state index is 9.56. The third-order valence-corrected chi connectivity index (χ3v) is 5.72. The Bertz CT molecular complexity index is 1060. The number of aromatic nitrogens is 2. The van der Waals surface area contributed by atoms with E-state index in [1.807, 2.05) is 30.3 Å². The minimum atomic E-state index is 0.507. The number of rotatable bonds is 7. The van der Waals surface area contributed by atoms with E-state index in [1.165, 1.54) is 5.56 Å². The highest BCUT2D eigenvalue weighted by Gasteiger charge is 2.15. The third-order valence-electron chi connectivity index (χ3n) is 4.71. The van der Waals surface area contributed by atoms with Gasteiger partial charge in [0.15, 0.2) is 0 Å². The van der Waals surface area contributed by atoms with Gasteiger partial charge in [-0.25, -0.2) is 0 Å². The van der Waals surface area contributed by atoms with Crippen molar-refractivity contribution in [2.45, 2.75) is 33.6 Å². The molecule has 0 amide bonds. The molecule has 5 heteroatoms. The first-order chi connectivity index (χ1) is 14.1. The molecule has 4 nitrogen and oxygen atoms in total. The Hall–Kier alpha value is -2.97. The van der Waals surface area contributed by atoms with Crippen LogP contribution in [0.2, 0.25) is 0 Å². The number of hydrogen-bond acceptors (Lipinski definition) is 5. The number of hydrogen-bond donors (Lipinski definition) is 0. The lowest BCUT2D eigenvalue weighted by Crippen LogP contribution is -1.97. The highest BCUT2D eigenvalue weighted by atomic mass is 32.1. The van der Waals surface area contributed by atoms with Crippen LogP contribution in [0.3, 0.4) is 0 Å². The molecule has 1 aromatic heterocycles. The zero-order chi connectivity index (χ0) is 20.8. The predicted octanol–water partition coefficient (Wildman–Crippen LogP) is 6.12. The largest absolute Gasteiger partial charge is 0.504 e. The van der Waals surface area contributed by atoms with Gasteiger partial charge in [0.2, 0.25) is 0 Å². The summed E-state index contributed by atoms with van der Waals surface area (Å²) in [7, 11) is 1.64. The molecular formula is C24H25N3OS. The number of nitrogens with zero attached hydrogens (tertiary/aromatic N) is 3. The number of methoxy groups -OCH3 is 1. The molecule has 0 atom stereocenters. The first-order valence-electron chi connectivity index (χ1n) is 9.75. The highest BCUT2D eigenvalue weighted by Crippen LogP contribution is 2.34. The monoisotopic (exact) mass is 403 g/mol. The minimum absolute atomic E-state index is 0.507. The van der Waals surface area contributed by atoms with Crippen molar-refractivity contribution in [3.63, 3.8) is 0 Å². The van der Waals surface area contributed by atoms with E-state index in [9.17, 15) is 5.26 Å². The fraction of sp³-hybridized carbons (Fsp3) is 0.292. The summed E-state index contributed by atoms with van der Waals surface area (Å²) in [5, 5.41) is 20.1. The lowest BCUT2D eigenvalue weighted by molar-refractivity contribution is 0.341. The zero-order valence-corrected chi connectivity index (χ0v) is 18.1. The zero-order valence-electron chi connectivity index (χ0n) is 17.3. The Kier molecular flexibility index (Phi) is 6.79. The topological polar surface area (TPSA) is 58.8 Å². The molecule has 0 aliphatic rings. The van der Waals surface area contributed by atoms with Crippen LogP contribution in [0.4, 0.5) is 0 Å². The lowest BCUT2D eigenvalue weighted by Gasteiger charge is -2.09. The van der Waals surface area contributed by atoms with Gasteiger partial charge in [-0.1, -0.05) is 62.4 Å². The molecule has 0 aliphatic carbocycles. The summed E-state index contributed by atoms with van der Waals surface area (Å²) in [6.45, 7) is 6.46. The second-order valence-corrected chi connectivity index (χ2v) is 8.24. The van der Waals surface area contributed by atoms with Gasteiger partial charge >= 0.3 is 0 Å². The summed E-state index contributed by atoms with van der Waals surface area (Å²) in [6, 6.07) is 14.5. The van der Waals surface area contributed by atoms with E-state index in [1.54, 1.807) is 24.7 Å². The Morgan fingerprint density at radius 1 is 1.17 bits per heavy atom. The van der Waals surface area contributed by atoms with Crippen molar-refractivity contribution in [2.75, 3.05) is 7.11 Å². The van der Waals surface area contributed by atoms with Crippen molar-refractivity contribution in [3.8, 4) is 27.2 Å². The third kappa shape index (κ3) is 4.72. The molecule has 3 rings (SSSR count). The summed E-state index contributed by atoms with van der Waals surface area (Å²) in [5.41, 5.74) is 6.16. The maximum atomic E-state index is 9.56. The summed E-state index contributed by atoms with van der Waals surface area (Å²) in [5.74, 6) is 0.507. The van der Waals surface area contributed by atoms with Crippen molar-refractivity contribution in [1.82, 2.24) is 10.2 Å². The van der Waals surface area contributed by atoms with Gasteiger partial charge in [0, 0.05) is 11.1 Å². The average molecular weight is 404 g/mol. The molecule has 2 aromatic carbocycles. The van der Waals surface area contributed by atoms with Gasteiger partial charge in [-0.3, -0.25) is 0 Å². The van der Waals surface area contributed by atoms with Crippen LogP contribution in [0, 0.1) is 17.2 Å². The van der Waals surface area contributed by atoms with Crippen molar-refractivity contribution in [2.24, 2.45) is 5.92 Å². The predicted molar refractivity (Wildman–Crippen MR) is 119 cm³/mol. The molecule has 0 saturated heterocycles. The SMILES string of the molecule is CCc1c(C=COC)cccc1-c1nnc(-c2ccc(CC(C)C)c(C#N)c2)s1. The van der Waals surface area contributed by atoms with Gasteiger partial charge in [0.25, 0.3) is 0 Å². The van der Waals surface area contributed by atoms with Crippen LogP contribution < -0.4 is 0 Å². The van der Waals surface area contributed by atoms with Crippen LogP contribution in [0.25, 0.3) is 27.2 Å². The molecule has 29 heavy (non-hydrogen) atoms. The van der Waals surface area contributed by atoms with E-state index in [2.05, 4.69) is 49.2 Å². The van der Waals surface area contributed by atoms with Crippen LogP contribution in [-0.2, 0) is 17.6 Å². The van der Waals surface area contributed by atoms with Gasteiger partial charge in [-0.05, 0) is 47.6 Å². The van der Waals surface area contributed by atoms with Crippen LogP contribution in [-0.4, -0.2) is 17.3 Å². The number of benzene rings is 2. The van der Waals surface area contributed by atoms with Crippen LogP contribution in [0.15, 0.2) is 42.7 Å². The molecule has 148 valence electrons. The van der Waals surface area contributed by atoms with Gasteiger partial charge in [0.1, 0.15) is 10.0 Å². The molecule has 0 spiro atoms. The Balaban J connectivity index is 1.98. The summed E-state index contributed by atoms with van der Waals surface area (Å²) >= 11 is 1.55. The Morgan fingerprint density at radius 2 is 1.97 bits per heavy atom. The molecule has 0 radical (unpaired) electrons. The quantitative estimate of drug-likeness (QED) is 0.446. The molecule has 0 unspecified atom stereocenters. The van der Waals surface area contributed by atoms with E-state index in [0.717, 1.165) is 45.1 Å². The minimum Gasteiger partial charge on any atom is -0.504 e. The average Bonchev–Trinajstić information content (AvgIpc) is 3.21. The Labute approximate surface area is 176 Å². The summed E-state index contributed by atoms with van der Waals surface area (Å²) in [6.07, 6.45) is 5.44. The van der Waals surface area contributed by atoms with E-state index in [-0.39, 0.29) is 0 Å².